The number of fused-ring (bicyclic) bond motifs is 1. The molecular weight excluding hydrogens is 399 g/mol. The molecule has 1 saturated heterocycles. The van der Waals surface area contributed by atoms with Crippen molar-refractivity contribution in [3.05, 3.63) is 59.9 Å². The summed E-state index contributed by atoms with van der Waals surface area (Å²) in [7, 11) is -3.02. The number of benzene rings is 2. The van der Waals surface area contributed by atoms with Crippen molar-refractivity contribution in [1.29, 1.82) is 0 Å². The molecule has 0 N–H and O–H groups in total. The van der Waals surface area contributed by atoms with Crippen LogP contribution in [0.3, 0.4) is 0 Å². The van der Waals surface area contributed by atoms with E-state index in [9.17, 15) is 12.8 Å². The van der Waals surface area contributed by atoms with Gasteiger partial charge in [-0.2, -0.15) is 0 Å². The topological polar surface area (TPSA) is 59.0 Å². The number of rotatable bonds is 5. The quantitative estimate of drug-likeness (QED) is 0.741. The van der Waals surface area contributed by atoms with Crippen LogP contribution in [0.1, 0.15) is 12.5 Å². The van der Waals surface area contributed by atoms with Gasteiger partial charge in [0, 0.05) is 16.5 Å². The molecule has 2 atom stereocenters. The molecule has 8 heteroatoms. The van der Waals surface area contributed by atoms with Crippen LogP contribution in [0.15, 0.2) is 53.5 Å². The molecule has 5 nitrogen and oxygen atoms in total. The second-order valence-electron chi connectivity index (χ2n) is 6.82. The molecule has 1 fully saturated rings. The van der Waals surface area contributed by atoms with E-state index < -0.39 is 9.84 Å². The number of nitrogens with zero attached hydrogens (tertiary/aromatic N) is 2. The predicted molar refractivity (Wildman–Crippen MR) is 111 cm³/mol. The molecule has 2 heterocycles. The maximum atomic E-state index is 14.3. The minimum Gasteiger partial charge on any atom is -0.494 e. The van der Waals surface area contributed by atoms with E-state index in [4.69, 9.17) is 4.74 Å². The third kappa shape index (κ3) is 4.03. The summed E-state index contributed by atoms with van der Waals surface area (Å²) in [5, 5.41) is 0.670. The van der Waals surface area contributed by atoms with Gasteiger partial charge in [-0.1, -0.05) is 30.0 Å². The maximum Gasteiger partial charge on any atom is 0.164 e. The number of sulfone groups is 1. The number of hydrogen-bond acceptors (Lipinski definition) is 6. The summed E-state index contributed by atoms with van der Waals surface area (Å²) in [6.07, 6.45) is 0. The Morgan fingerprint density at radius 2 is 1.93 bits per heavy atom. The Morgan fingerprint density at radius 3 is 2.61 bits per heavy atom. The number of hydrogen-bond donors (Lipinski definition) is 0. The SMILES string of the molecule is CCOc1ccc(N(Cc2ccccc2F)C2=N[C@H]3CS(=O)(=O)C[C@@H]3S2)cc1. The second kappa shape index (κ2) is 7.75. The molecule has 2 aliphatic rings. The molecule has 0 saturated carbocycles. The summed E-state index contributed by atoms with van der Waals surface area (Å²) in [6, 6.07) is 14.0. The molecule has 0 amide bonds. The van der Waals surface area contributed by atoms with Gasteiger partial charge in [-0.3, -0.25) is 4.99 Å². The lowest BCUT2D eigenvalue weighted by atomic mass is 10.2. The fourth-order valence-electron chi connectivity index (χ4n) is 3.43. The summed E-state index contributed by atoms with van der Waals surface area (Å²) in [5.41, 5.74) is 1.42. The van der Waals surface area contributed by atoms with E-state index in [-0.39, 0.29) is 28.6 Å². The van der Waals surface area contributed by atoms with Crippen LogP contribution in [0.5, 0.6) is 5.75 Å². The van der Waals surface area contributed by atoms with Crippen molar-refractivity contribution < 1.29 is 17.5 Å². The van der Waals surface area contributed by atoms with Crippen LogP contribution < -0.4 is 9.64 Å². The fourth-order valence-corrected chi connectivity index (χ4v) is 7.21. The highest BCUT2D eigenvalue weighted by molar-refractivity contribution is 8.15. The lowest BCUT2D eigenvalue weighted by molar-refractivity contribution is 0.340. The Kier molecular flexibility index (Phi) is 5.33. The molecule has 148 valence electrons. The van der Waals surface area contributed by atoms with Crippen molar-refractivity contribution in [3.8, 4) is 5.75 Å². The average molecular weight is 421 g/mol. The Morgan fingerprint density at radius 1 is 1.18 bits per heavy atom. The van der Waals surface area contributed by atoms with Gasteiger partial charge in [0.25, 0.3) is 0 Å². The molecule has 2 aliphatic heterocycles. The summed E-state index contributed by atoms with van der Waals surface area (Å²) in [5.74, 6) is 0.725. The van der Waals surface area contributed by atoms with Crippen molar-refractivity contribution in [3.63, 3.8) is 0 Å². The summed E-state index contributed by atoms with van der Waals surface area (Å²) >= 11 is 1.47. The van der Waals surface area contributed by atoms with Gasteiger partial charge in [0.15, 0.2) is 15.0 Å². The first-order chi connectivity index (χ1) is 13.4. The monoisotopic (exact) mass is 420 g/mol. The summed E-state index contributed by atoms with van der Waals surface area (Å²) in [6.45, 7) is 2.83. The molecule has 28 heavy (non-hydrogen) atoms. The van der Waals surface area contributed by atoms with E-state index in [0.29, 0.717) is 18.7 Å². The number of aliphatic imine (C=N–C) groups is 1. The minimum atomic E-state index is -3.02. The molecule has 0 aliphatic carbocycles. The second-order valence-corrected chi connectivity index (χ2v) is 10.2. The van der Waals surface area contributed by atoms with Gasteiger partial charge in [-0.15, -0.1) is 0 Å². The minimum absolute atomic E-state index is 0.0641. The Bertz CT molecular complexity index is 993. The first-order valence-electron chi connectivity index (χ1n) is 9.14. The summed E-state index contributed by atoms with van der Waals surface area (Å²) < 4.78 is 43.5. The van der Waals surface area contributed by atoms with Crippen LogP contribution in [-0.4, -0.2) is 43.0 Å². The largest absolute Gasteiger partial charge is 0.494 e. The molecular formula is C20H21FN2O3S2. The van der Waals surface area contributed by atoms with Crippen molar-refractivity contribution in [2.24, 2.45) is 4.99 Å². The maximum absolute atomic E-state index is 14.3. The highest BCUT2D eigenvalue weighted by Gasteiger charge is 2.44. The first-order valence-corrected chi connectivity index (χ1v) is 11.8. The third-order valence-corrected chi connectivity index (χ3v) is 8.03. The van der Waals surface area contributed by atoms with Crippen molar-refractivity contribution in [2.75, 3.05) is 23.0 Å². The number of amidine groups is 1. The van der Waals surface area contributed by atoms with Gasteiger partial charge in [-0.05, 0) is 37.3 Å². The van der Waals surface area contributed by atoms with Crippen LogP contribution in [0.4, 0.5) is 10.1 Å². The van der Waals surface area contributed by atoms with Crippen LogP contribution in [0.2, 0.25) is 0 Å². The summed E-state index contributed by atoms with van der Waals surface area (Å²) in [4.78, 5) is 6.63. The normalized spacial score (nSPS) is 22.6. The van der Waals surface area contributed by atoms with Gasteiger partial charge in [0.1, 0.15) is 11.6 Å². The molecule has 0 radical (unpaired) electrons. The molecule has 2 aromatic rings. The predicted octanol–water partition coefficient (Wildman–Crippen LogP) is 3.50. The zero-order valence-electron chi connectivity index (χ0n) is 15.4. The highest BCUT2D eigenvalue weighted by atomic mass is 32.2. The third-order valence-electron chi connectivity index (χ3n) is 4.78. The molecule has 0 aromatic heterocycles. The molecule has 2 aromatic carbocycles. The van der Waals surface area contributed by atoms with Crippen LogP contribution in [0, 0.1) is 5.82 Å². The van der Waals surface area contributed by atoms with E-state index in [2.05, 4.69) is 4.99 Å². The van der Waals surface area contributed by atoms with Crippen molar-refractivity contribution in [2.45, 2.75) is 24.8 Å². The number of thioether (sulfide) groups is 1. The average Bonchev–Trinajstić information content (AvgIpc) is 3.15. The molecule has 0 bridgehead atoms. The van der Waals surface area contributed by atoms with E-state index in [1.807, 2.05) is 36.1 Å². The van der Waals surface area contributed by atoms with Crippen LogP contribution >= 0.6 is 11.8 Å². The van der Waals surface area contributed by atoms with Crippen molar-refractivity contribution in [1.82, 2.24) is 0 Å². The standard InChI is InChI=1S/C20H21FN2O3S2/c1-2-26-16-9-7-15(8-10-16)23(11-14-5-3-4-6-17(14)21)20-22-18-12-28(24,25)13-19(18)27-20/h3-10,18-19H,2,11-13H2,1H3/t18-,19-/m0/s1. The Hall–Kier alpha value is -2.06. The van der Waals surface area contributed by atoms with Crippen LogP contribution in [0.25, 0.3) is 0 Å². The molecule has 4 rings (SSSR count). The number of anilines is 1. The Labute approximate surface area is 168 Å². The van der Waals surface area contributed by atoms with E-state index in [0.717, 1.165) is 16.6 Å². The fraction of sp³-hybridized carbons (Fsp3) is 0.350. The zero-order valence-corrected chi connectivity index (χ0v) is 17.0. The van der Waals surface area contributed by atoms with E-state index in [1.165, 1.54) is 17.8 Å². The lowest BCUT2D eigenvalue weighted by Gasteiger charge is -2.25. The molecule has 0 unspecified atom stereocenters. The van der Waals surface area contributed by atoms with Gasteiger partial charge in [0.05, 0.1) is 30.7 Å². The van der Waals surface area contributed by atoms with Gasteiger partial charge < -0.3 is 9.64 Å². The lowest BCUT2D eigenvalue weighted by Crippen LogP contribution is -2.28. The molecule has 0 spiro atoms. The smallest absolute Gasteiger partial charge is 0.164 e. The Balaban J connectivity index is 1.65. The van der Waals surface area contributed by atoms with Crippen molar-refractivity contribution >= 4 is 32.5 Å². The van der Waals surface area contributed by atoms with Crippen LogP contribution in [-0.2, 0) is 16.4 Å². The van der Waals surface area contributed by atoms with E-state index >= 15 is 0 Å². The number of halogens is 1. The van der Waals surface area contributed by atoms with Gasteiger partial charge >= 0.3 is 0 Å². The first kappa shape index (κ1) is 19.3. The van der Waals surface area contributed by atoms with E-state index in [1.54, 1.807) is 18.2 Å². The van der Waals surface area contributed by atoms with Gasteiger partial charge in [-0.25, -0.2) is 12.8 Å². The zero-order chi connectivity index (χ0) is 19.7. The number of ether oxygens (including phenoxy) is 1. The highest BCUT2D eigenvalue weighted by Crippen LogP contribution is 2.37. The van der Waals surface area contributed by atoms with Gasteiger partial charge in [0.2, 0.25) is 0 Å².